The third kappa shape index (κ3) is 4.83. The highest BCUT2D eigenvalue weighted by Crippen LogP contribution is 2.27. The molecule has 1 aliphatic rings. The van der Waals surface area contributed by atoms with Gasteiger partial charge in [-0.3, -0.25) is 4.79 Å². The molecule has 0 saturated heterocycles. The van der Waals surface area contributed by atoms with E-state index in [1.807, 2.05) is 0 Å². The highest BCUT2D eigenvalue weighted by Gasteiger charge is 2.19. The van der Waals surface area contributed by atoms with Crippen molar-refractivity contribution in [2.24, 2.45) is 0 Å². The Morgan fingerprint density at radius 3 is 2.73 bits per heavy atom. The number of aryl methyl sites for hydroxylation is 1. The summed E-state index contributed by atoms with van der Waals surface area (Å²) >= 11 is 0. The number of nitrogens with one attached hydrogen (secondary N) is 1. The first-order valence-electron chi connectivity index (χ1n) is 10.9. The van der Waals surface area contributed by atoms with Gasteiger partial charge >= 0.3 is 0 Å². The predicted molar refractivity (Wildman–Crippen MR) is 131 cm³/mol. The van der Waals surface area contributed by atoms with Crippen LogP contribution < -0.4 is 15.5 Å². The molecule has 3 N–H and O–H groups in total. The first-order chi connectivity index (χ1) is 15.6. The lowest BCUT2D eigenvalue weighted by Crippen LogP contribution is -2.40. The highest BCUT2D eigenvalue weighted by atomic mass is 35.5. The molecular weight excluding hydrogens is 442 g/mol. The van der Waals surface area contributed by atoms with E-state index in [0.717, 1.165) is 19.3 Å². The number of rotatable bonds is 6. The standard InChI is InChI=1S/C26H25NO5.ClH/c28-19(14-27-18-9-8-16-4-1-2-5-17(16)12-18)15-31-20-10-11-21-24(13-20)32-23-7-3-6-22(29)25(23)26(21)30;/h1-7,10-11,13,18-19,27-29H,8-9,12,14-15H2;1H. The third-order valence-electron chi connectivity index (χ3n) is 6.08. The van der Waals surface area contributed by atoms with Gasteiger partial charge in [0.05, 0.1) is 5.39 Å². The topological polar surface area (TPSA) is 91.9 Å². The minimum absolute atomic E-state index is 0. The van der Waals surface area contributed by atoms with Crippen LogP contribution in [0, 0.1) is 0 Å². The minimum atomic E-state index is -0.663. The molecule has 0 radical (unpaired) electrons. The summed E-state index contributed by atoms with van der Waals surface area (Å²) in [6.07, 6.45) is 2.41. The molecule has 0 bridgehead atoms. The lowest BCUT2D eigenvalue weighted by molar-refractivity contribution is 0.103. The van der Waals surface area contributed by atoms with Gasteiger partial charge in [0.2, 0.25) is 5.43 Å². The van der Waals surface area contributed by atoms with Crippen LogP contribution >= 0.6 is 12.4 Å². The highest BCUT2D eigenvalue weighted by molar-refractivity contribution is 5.93. The van der Waals surface area contributed by atoms with E-state index in [9.17, 15) is 15.0 Å². The van der Waals surface area contributed by atoms with Gasteiger partial charge in [0.15, 0.2) is 0 Å². The van der Waals surface area contributed by atoms with Gasteiger partial charge in [-0.05, 0) is 54.7 Å². The zero-order valence-electron chi connectivity index (χ0n) is 18.0. The Bertz CT molecular complexity index is 1340. The van der Waals surface area contributed by atoms with E-state index in [0.29, 0.717) is 34.9 Å². The van der Waals surface area contributed by atoms with Gasteiger partial charge in [0.1, 0.15) is 40.8 Å². The molecule has 3 aromatic carbocycles. The van der Waals surface area contributed by atoms with Gasteiger partial charge in [0.25, 0.3) is 0 Å². The van der Waals surface area contributed by atoms with Crippen molar-refractivity contribution in [2.75, 3.05) is 13.2 Å². The number of hydrogen-bond donors (Lipinski definition) is 3. The van der Waals surface area contributed by atoms with E-state index in [1.165, 1.54) is 17.2 Å². The van der Waals surface area contributed by atoms with Crippen molar-refractivity contribution in [1.29, 1.82) is 0 Å². The van der Waals surface area contributed by atoms with Crippen molar-refractivity contribution in [3.63, 3.8) is 0 Å². The molecule has 5 rings (SSSR count). The Balaban J connectivity index is 0.00000259. The SMILES string of the molecule is Cl.O=c1c2ccc(OCC(O)CNC3CCc4ccccc4C3)cc2oc2cccc(O)c12. The molecule has 33 heavy (non-hydrogen) atoms. The van der Waals surface area contributed by atoms with Crippen LogP contribution in [0.4, 0.5) is 0 Å². The van der Waals surface area contributed by atoms with Gasteiger partial charge in [-0.25, -0.2) is 0 Å². The van der Waals surface area contributed by atoms with Crippen molar-refractivity contribution >= 4 is 34.3 Å². The number of phenols is 1. The van der Waals surface area contributed by atoms with Crippen LogP contribution in [0.5, 0.6) is 11.5 Å². The lowest BCUT2D eigenvalue weighted by atomic mass is 9.88. The van der Waals surface area contributed by atoms with Crippen molar-refractivity contribution in [3.8, 4) is 11.5 Å². The van der Waals surface area contributed by atoms with E-state index < -0.39 is 6.10 Å². The number of hydrogen-bond acceptors (Lipinski definition) is 6. The van der Waals surface area contributed by atoms with Crippen LogP contribution in [0.2, 0.25) is 0 Å². The van der Waals surface area contributed by atoms with Crippen molar-refractivity contribution in [2.45, 2.75) is 31.4 Å². The zero-order valence-corrected chi connectivity index (χ0v) is 18.8. The van der Waals surface area contributed by atoms with Gasteiger partial charge in [-0.2, -0.15) is 0 Å². The number of aliphatic hydroxyl groups excluding tert-OH is 1. The maximum atomic E-state index is 12.7. The summed E-state index contributed by atoms with van der Waals surface area (Å²) in [7, 11) is 0. The lowest BCUT2D eigenvalue weighted by Gasteiger charge is -2.26. The fourth-order valence-electron chi connectivity index (χ4n) is 4.38. The largest absolute Gasteiger partial charge is 0.507 e. The van der Waals surface area contributed by atoms with Crippen LogP contribution in [0.1, 0.15) is 17.5 Å². The second-order valence-corrected chi connectivity index (χ2v) is 8.32. The Labute approximate surface area is 197 Å². The summed E-state index contributed by atoms with van der Waals surface area (Å²) < 4.78 is 11.5. The predicted octanol–water partition coefficient (Wildman–Crippen LogP) is 3.96. The smallest absolute Gasteiger partial charge is 0.204 e. The molecule has 0 saturated carbocycles. The minimum Gasteiger partial charge on any atom is -0.507 e. The molecule has 1 aliphatic carbocycles. The van der Waals surface area contributed by atoms with E-state index in [4.69, 9.17) is 9.15 Å². The first kappa shape index (κ1) is 23.1. The van der Waals surface area contributed by atoms with E-state index in [-0.39, 0.29) is 35.6 Å². The Morgan fingerprint density at radius 2 is 1.88 bits per heavy atom. The van der Waals surface area contributed by atoms with Crippen LogP contribution in [-0.2, 0) is 12.8 Å². The summed E-state index contributed by atoms with van der Waals surface area (Å²) in [5.41, 5.74) is 3.20. The third-order valence-corrected chi connectivity index (χ3v) is 6.08. The van der Waals surface area contributed by atoms with Crippen LogP contribution in [0.25, 0.3) is 21.9 Å². The van der Waals surface area contributed by atoms with E-state index in [2.05, 4.69) is 29.6 Å². The monoisotopic (exact) mass is 467 g/mol. The molecule has 1 aromatic heterocycles. The molecule has 2 unspecified atom stereocenters. The summed E-state index contributed by atoms with van der Waals surface area (Å²) in [6, 6.07) is 18.5. The molecule has 0 spiro atoms. The normalized spacial score (nSPS) is 16.2. The molecule has 7 heteroatoms. The van der Waals surface area contributed by atoms with Gasteiger partial charge in [-0.15, -0.1) is 12.4 Å². The van der Waals surface area contributed by atoms with Gasteiger partial charge < -0.3 is 24.7 Å². The van der Waals surface area contributed by atoms with Crippen LogP contribution in [-0.4, -0.2) is 35.5 Å². The molecule has 6 nitrogen and oxygen atoms in total. The number of aliphatic hydroxyl groups is 1. The summed E-state index contributed by atoms with van der Waals surface area (Å²) in [5, 5.41) is 24.3. The zero-order chi connectivity index (χ0) is 22.1. The van der Waals surface area contributed by atoms with Gasteiger partial charge in [-0.1, -0.05) is 30.3 Å². The summed E-state index contributed by atoms with van der Waals surface area (Å²) in [5.74, 6) is 0.404. The van der Waals surface area contributed by atoms with Crippen LogP contribution in [0.3, 0.4) is 0 Å². The number of phenolic OH excluding ortho intramolecular Hbond substituents is 1. The second kappa shape index (κ2) is 9.83. The first-order valence-corrected chi connectivity index (χ1v) is 10.9. The maximum absolute atomic E-state index is 12.7. The molecule has 172 valence electrons. The van der Waals surface area contributed by atoms with Crippen molar-refractivity contribution in [3.05, 3.63) is 82.0 Å². The summed E-state index contributed by atoms with van der Waals surface area (Å²) in [4.78, 5) is 12.7. The fourth-order valence-corrected chi connectivity index (χ4v) is 4.38. The number of benzene rings is 3. The second-order valence-electron chi connectivity index (χ2n) is 8.32. The Morgan fingerprint density at radius 1 is 1.06 bits per heavy atom. The quantitative estimate of drug-likeness (QED) is 0.372. The fraction of sp³-hybridized carbons (Fsp3) is 0.269. The van der Waals surface area contributed by atoms with E-state index >= 15 is 0 Å². The number of aromatic hydroxyl groups is 1. The molecule has 0 fully saturated rings. The molecule has 2 atom stereocenters. The van der Waals surface area contributed by atoms with Crippen molar-refractivity contribution in [1.82, 2.24) is 5.32 Å². The van der Waals surface area contributed by atoms with E-state index in [1.54, 1.807) is 30.3 Å². The van der Waals surface area contributed by atoms with Crippen LogP contribution in [0.15, 0.2) is 69.9 Å². The van der Waals surface area contributed by atoms with Gasteiger partial charge in [0, 0.05) is 18.7 Å². The molecule has 0 aliphatic heterocycles. The number of fused-ring (bicyclic) bond motifs is 3. The molecule has 4 aromatic rings. The Kier molecular flexibility index (Phi) is 6.88. The molecular formula is C26H26ClNO5. The Hall–Kier alpha value is -3.06. The molecule has 1 heterocycles. The number of halogens is 1. The number of ether oxygens (including phenoxy) is 1. The van der Waals surface area contributed by atoms with Crippen molar-refractivity contribution < 1.29 is 19.4 Å². The summed E-state index contributed by atoms with van der Waals surface area (Å²) in [6.45, 7) is 0.569. The maximum Gasteiger partial charge on any atom is 0.204 e. The molecule has 0 amide bonds. The average molecular weight is 468 g/mol. The average Bonchev–Trinajstić information content (AvgIpc) is 2.81.